The molecule has 2 aromatic carbocycles. The highest BCUT2D eigenvalue weighted by Gasteiger charge is 2.42. The number of likely N-dealkylation sites (N-methyl/N-ethyl adjacent to an activating group) is 2. The number of imidazole rings is 2. The monoisotopic (exact) mass is 851 g/mol. The summed E-state index contributed by atoms with van der Waals surface area (Å²) in [5.74, 6) is 1.02. The molecule has 2 aliphatic rings. The molecular weight excluding hydrogens is 785 g/mol. The van der Waals surface area contributed by atoms with Crippen molar-refractivity contribution in [2.75, 3.05) is 27.2 Å². The zero-order valence-corrected chi connectivity index (χ0v) is 38.6. The lowest BCUT2D eigenvalue weighted by atomic mass is 10.0. The zero-order valence-electron chi connectivity index (χ0n) is 38.6. The second-order valence-electron chi connectivity index (χ2n) is 19.5. The normalized spacial score (nSPS) is 18.0. The molecule has 2 N–H and O–H groups in total. The van der Waals surface area contributed by atoms with E-state index in [-0.39, 0.29) is 35.7 Å². The van der Waals surface area contributed by atoms with Crippen molar-refractivity contribution in [2.24, 2.45) is 11.8 Å². The molecular formula is C48H66N8O6. The maximum absolute atomic E-state index is 14.0. The Hall–Kier alpha value is -5.66. The van der Waals surface area contributed by atoms with Gasteiger partial charge < -0.3 is 29.2 Å². The summed E-state index contributed by atoms with van der Waals surface area (Å²) in [5.41, 5.74) is 4.46. The van der Waals surface area contributed by atoms with Gasteiger partial charge in [-0.2, -0.15) is 0 Å². The fourth-order valence-electron chi connectivity index (χ4n) is 8.65. The molecule has 4 heterocycles. The minimum Gasteiger partial charge on any atom is -0.444 e. The van der Waals surface area contributed by atoms with Gasteiger partial charge in [-0.3, -0.25) is 19.4 Å². The Balaban J connectivity index is 1.10. The van der Waals surface area contributed by atoms with Crippen LogP contribution in [0.15, 0.2) is 60.9 Å². The number of nitrogens with zero attached hydrogens (tertiary/aromatic N) is 6. The van der Waals surface area contributed by atoms with Crippen LogP contribution in [0.3, 0.4) is 0 Å². The molecule has 0 saturated carbocycles. The highest BCUT2D eigenvalue weighted by atomic mass is 16.6. The summed E-state index contributed by atoms with van der Waals surface area (Å²) in [6, 6.07) is 14.8. The van der Waals surface area contributed by atoms with Gasteiger partial charge in [0.1, 0.15) is 34.9 Å². The molecule has 4 atom stereocenters. The van der Waals surface area contributed by atoms with Gasteiger partial charge in [-0.15, -0.1) is 0 Å². The average Bonchev–Trinajstić information content (AvgIpc) is 4.03. The largest absolute Gasteiger partial charge is 0.444 e. The molecule has 2 saturated heterocycles. The van der Waals surface area contributed by atoms with Crippen LogP contribution in [0.1, 0.15) is 119 Å². The van der Waals surface area contributed by atoms with Crippen molar-refractivity contribution in [3.8, 4) is 33.6 Å². The van der Waals surface area contributed by atoms with Crippen molar-refractivity contribution in [1.82, 2.24) is 39.5 Å². The van der Waals surface area contributed by atoms with Gasteiger partial charge in [0.25, 0.3) is 0 Å². The molecule has 14 nitrogen and oxygen atoms in total. The molecule has 2 aromatic heterocycles. The number of amides is 4. The number of H-pyrrole nitrogens is 2. The highest BCUT2D eigenvalue weighted by molar-refractivity contribution is 5.87. The standard InChI is InChI=1S/C48H66N8O6/c1-29(2)39(53(11)45(59)61-47(5,6)7)43(57)55-25-13-15-37(55)41-49-27-35(51-41)33-21-17-31(18-22-33)32-19-23-34(24-20-32)36-28-50-42(52-36)38-16-14-26-56(38)44(58)40(30(3)4)54(12)46(60)62-48(8,9)10/h17-24,27-30,37-40H,13-16,25-26H2,1-12H3,(H,49,51)(H,50,52)/t37-,38-,39-,40-/m0/s1. The van der Waals surface area contributed by atoms with E-state index in [1.165, 1.54) is 9.80 Å². The number of hydrogen-bond donors (Lipinski definition) is 2. The minimum atomic E-state index is -0.667. The van der Waals surface area contributed by atoms with Gasteiger partial charge in [-0.25, -0.2) is 19.6 Å². The van der Waals surface area contributed by atoms with Gasteiger partial charge in [0.15, 0.2) is 0 Å². The summed E-state index contributed by atoms with van der Waals surface area (Å²) >= 11 is 0. The van der Waals surface area contributed by atoms with Crippen LogP contribution in [0.2, 0.25) is 0 Å². The van der Waals surface area contributed by atoms with E-state index in [9.17, 15) is 19.2 Å². The quantitative estimate of drug-likeness (QED) is 0.151. The van der Waals surface area contributed by atoms with Crippen LogP contribution in [0.4, 0.5) is 9.59 Å². The van der Waals surface area contributed by atoms with Crippen LogP contribution < -0.4 is 0 Å². The maximum atomic E-state index is 14.0. The molecule has 4 aromatic rings. The second-order valence-corrected chi connectivity index (χ2v) is 19.5. The number of aromatic nitrogens is 4. The van der Waals surface area contributed by atoms with E-state index in [1.54, 1.807) is 14.1 Å². The minimum absolute atomic E-state index is 0.106. The molecule has 14 heteroatoms. The van der Waals surface area contributed by atoms with E-state index in [2.05, 4.69) is 58.5 Å². The summed E-state index contributed by atoms with van der Waals surface area (Å²) in [5, 5.41) is 0. The third-order valence-corrected chi connectivity index (χ3v) is 11.6. The highest BCUT2D eigenvalue weighted by Crippen LogP contribution is 2.36. The Morgan fingerprint density at radius 1 is 0.597 bits per heavy atom. The molecule has 0 radical (unpaired) electrons. The first-order chi connectivity index (χ1) is 29.1. The Morgan fingerprint density at radius 3 is 1.23 bits per heavy atom. The molecule has 0 spiro atoms. The number of carbonyl (C=O) groups excluding carboxylic acids is 4. The van der Waals surface area contributed by atoms with E-state index in [1.807, 2.05) is 91.4 Å². The van der Waals surface area contributed by atoms with Crippen LogP contribution in [0, 0.1) is 11.8 Å². The third kappa shape index (κ3) is 10.3. The number of likely N-dealkylation sites (tertiary alicyclic amines) is 2. The lowest BCUT2D eigenvalue weighted by Crippen LogP contribution is -2.52. The van der Waals surface area contributed by atoms with E-state index >= 15 is 0 Å². The summed E-state index contributed by atoms with van der Waals surface area (Å²) in [6.45, 7) is 19.9. The van der Waals surface area contributed by atoms with Crippen molar-refractivity contribution >= 4 is 24.0 Å². The lowest BCUT2D eigenvalue weighted by molar-refractivity contribution is -0.139. The first kappa shape index (κ1) is 45.9. The molecule has 0 bridgehead atoms. The first-order valence-corrected chi connectivity index (χ1v) is 22.0. The predicted octanol–water partition coefficient (Wildman–Crippen LogP) is 9.24. The first-order valence-electron chi connectivity index (χ1n) is 22.0. The van der Waals surface area contributed by atoms with E-state index in [4.69, 9.17) is 19.4 Å². The number of benzene rings is 2. The van der Waals surface area contributed by atoms with Crippen molar-refractivity contribution in [3.63, 3.8) is 0 Å². The van der Waals surface area contributed by atoms with Gasteiger partial charge in [0, 0.05) is 27.2 Å². The third-order valence-electron chi connectivity index (χ3n) is 11.6. The zero-order chi connectivity index (χ0) is 45.3. The van der Waals surface area contributed by atoms with Crippen molar-refractivity contribution in [3.05, 3.63) is 72.6 Å². The van der Waals surface area contributed by atoms with Crippen molar-refractivity contribution < 1.29 is 28.7 Å². The van der Waals surface area contributed by atoms with E-state index in [0.29, 0.717) is 13.1 Å². The van der Waals surface area contributed by atoms with Gasteiger partial charge in [-0.05, 0) is 101 Å². The Labute approximate surface area is 366 Å². The van der Waals surface area contributed by atoms with Crippen LogP contribution in [0.25, 0.3) is 33.6 Å². The average molecular weight is 851 g/mol. The number of hydrogen-bond acceptors (Lipinski definition) is 8. The van der Waals surface area contributed by atoms with Crippen LogP contribution in [-0.2, 0) is 19.1 Å². The molecule has 62 heavy (non-hydrogen) atoms. The number of aromatic amines is 2. The van der Waals surface area contributed by atoms with Gasteiger partial charge >= 0.3 is 12.2 Å². The second kappa shape index (κ2) is 18.4. The topological polar surface area (TPSA) is 157 Å². The maximum Gasteiger partial charge on any atom is 0.410 e. The summed E-state index contributed by atoms with van der Waals surface area (Å²) in [4.78, 5) is 77.0. The van der Waals surface area contributed by atoms with Crippen molar-refractivity contribution in [1.29, 1.82) is 0 Å². The summed E-state index contributed by atoms with van der Waals surface area (Å²) in [6.07, 6.45) is 5.85. The van der Waals surface area contributed by atoms with Crippen LogP contribution in [-0.4, -0.2) is 114 Å². The van der Waals surface area contributed by atoms with Gasteiger partial charge in [0.05, 0.1) is 35.9 Å². The Bertz CT molecular complexity index is 2040. The van der Waals surface area contributed by atoms with Crippen molar-refractivity contribution in [2.45, 2.75) is 130 Å². The molecule has 0 unspecified atom stereocenters. The van der Waals surface area contributed by atoms with Gasteiger partial charge in [-0.1, -0.05) is 76.2 Å². The Morgan fingerprint density at radius 2 is 0.919 bits per heavy atom. The molecule has 6 rings (SSSR count). The number of ether oxygens (including phenoxy) is 2. The van der Waals surface area contributed by atoms with Gasteiger partial charge in [0.2, 0.25) is 11.8 Å². The number of rotatable bonds is 11. The van der Waals surface area contributed by atoms with E-state index in [0.717, 1.165) is 71.0 Å². The fraction of sp³-hybridized carbons (Fsp3) is 0.542. The molecule has 4 amide bonds. The molecule has 2 aliphatic heterocycles. The Kier molecular flexibility index (Phi) is 13.6. The molecule has 2 fully saturated rings. The van der Waals surface area contributed by atoms with E-state index < -0.39 is 35.5 Å². The fourth-order valence-corrected chi connectivity index (χ4v) is 8.65. The smallest absolute Gasteiger partial charge is 0.410 e. The number of nitrogens with one attached hydrogen (secondary N) is 2. The SMILES string of the molecule is CC(C)[C@@H](C(=O)N1CCC[C@H]1c1ncc(-c2ccc(-c3ccc(-c4cnc([C@@H]5CCCN5C(=O)[C@H](C(C)C)N(C)C(=O)OC(C)(C)C)[nH]4)cc3)cc2)[nH]1)N(C)C(=O)OC(C)(C)C. The van der Waals surface area contributed by atoms with Crippen LogP contribution >= 0.6 is 0 Å². The molecule has 0 aliphatic carbocycles. The summed E-state index contributed by atoms with van der Waals surface area (Å²) in [7, 11) is 3.27. The van der Waals surface area contributed by atoms with Crippen LogP contribution in [0.5, 0.6) is 0 Å². The summed E-state index contributed by atoms with van der Waals surface area (Å²) < 4.78 is 11.2. The predicted molar refractivity (Wildman–Crippen MR) is 240 cm³/mol. The molecule has 334 valence electrons. The lowest BCUT2D eigenvalue weighted by Gasteiger charge is -2.35. The number of carbonyl (C=O) groups is 4.